The lowest BCUT2D eigenvalue weighted by atomic mass is 10.4. The summed E-state index contributed by atoms with van der Waals surface area (Å²) in [6.07, 6.45) is 3.45. The first-order chi connectivity index (χ1) is 6.20. The molecule has 0 unspecified atom stereocenters. The maximum absolute atomic E-state index is 11.8. The topological polar surface area (TPSA) is 23.6 Å². The van der Waals surface area contributed by atoms with E-state index in [0.29, 0.717) is 6.04 Å². The van der Waals surface area contributed by atoms with Crippen molar-refractivity contribution in [2.45, 2.75) is 39.2 Å². The van der Waals surface area contributed by atoms with E-state index in [4.69, 9.17) is 0 Å². The molecule has 13 heavy (non-hydrogen) atoms. The minimum Gasteiger partial charge on any atom is -0.328 e. The Hall–Kier alpha value is -0.730. The number of amides is 2. The number of urea groups is 1. The van der Waals surface area contributed by atoms with Gasteiger partial charge in [0.2, 0.25) is 0 Å². The summed E-state index contributed by atoms with van der Waals surface area (Å²) in [5.74, 6) is 0. The van der Waals surface area contributed by atoms with Crippen LogP contribution in [0.4, 0.5) is 4.79 Å². The largest absolute Gasteiger partial charge is 0.328 e. The van der Waals surface area contributed by atoms with Crippen LogP contribution in [0.1, 0.15) is 33.1 Å². The molecule has 3 nitrogen and oxygen atoms in total. The fourth-order valence-corrected chi connectivity index (χ4v) is 1.42. The van der Waals surface area contributed by atoms with Gasteiger partial charge in [0.1, 0.15) is 0 Å². The standard InChI is InChI=1S/C10H20N2O/c1-4-8-12(9-6-7-9)10(13)11(3)5-2/h9H,4-8H2,1-3H3. The molecule has 1 fully saturated rings. The van der Waals surface area contributed by atoms with Crippen LogP contribution in [0.3, 0.4) is 0 Å². The Kier molecular flexibility index (Phi) is 3.58. The van der Waals surface area contributed by atoms with Crippen LogP contribution in [-0.4, -0.2) is 42.0 Å². The maximum Gasteiger partial charge on any atom is 0.319 e. The SMILES string of the molecule is CCCN(C(=O)N(C)CC)C1CC1. The monoisotopic (exact) mass is 184 g/mol. The number of hydrogen-bond acceptors (Lipinski definition) is 1. The molecule has 1 aliphatic rings. The van der Waals surface area contributed by atoms with Gasteiger partial charge in [0.15, 0.2) is 0 Å². The van der Waals surface area contributed by atoms with Crippen molar-refractivity contribution in [3.63, 3.8) is 0 Å². The Bertz CT molecular complexity index is 178. The van der Waals surface area contributed by atoms with Gasteiger partial charge < -0.3 is 9.80 Å². The van der Waals surface area contributed by atoms with E-state index in [1.807, 2.05) is 18.9 Å². The summed E-state index contributed by atoms with van der Waals surface area (Å²) >= 11 is 0. The van der Waals surface area contributed by atoms with Crippen LogP contribution in [0.25, 0.3) is 0 Å². The number of carbonyl (C=O) groups is 1. The zero-order valence-corrected chi connectivity index (χ0v) is 8.92. The summed E-state index contributed by atoms with van der Waals surface area (Å²) in [6.45, 7) is 5.84. The maximum atomic E-state index is 11.8. The minimum absolute atomic E-state index is 0.201. The fourth-order valence-electron chi connectivity index (χ4n) is 1.42. The van der Waals surface area contributed by atoms with Gasteiger partial charge in [0, 0.05) is 26.2 Å². The molecular formula is C10H20N2O. The zero-order valence-electron chi connectivity index (χ0n) is 8.92. The molecule has 0 bridgehead atoms. The van der Waals surface area contributed by atoms with E-state index >= 15 is 0 Å². The van der Waals surface area contributed by atoms with E-state index in [0.717, 1.165) is 19.5 Å². The van der Waals surface area contributed by atoms with E-state index in [1.54, 1.807) is 4.90 Å². The zero-order chi connectivity index (χ0) is 9.84. The van der Waals surface area contributed by atoms with Gasteiger partial charge in [-0.15, -0.1) is 0 Å². The highest BCUT2D eigenvalue weighted by Gasteiger charge is 2.32. The second-order valence-electron chi connectivity index (χ2n) is 3.72. The molecule has 1 saturated carbocycles. The van der Waals surface area contributed by atoms with Crippen molar-refractivity contribution in [2.24, 2.45) is 0 Å². The highest BCUT2D eigenvalue weighted by Crippen LogP contribution is 2.27. The summed E-state index contributed by atoms with van der Waals surface area (Å²) in [6, 6.07) is 0.744. The molecule has 0 aromatic rings. The van der Waals surface area contributed by atoms with E-state index in [1.165, 1.54) is 12.8 Å². The first-order valence-electron chi connectivity index (χ1n) is 5.22. The molecule has 1 rings (SSSR count). The summed E-state index contributed by atoms with van der Waals surface area (Å²) < 4.78 is 0. The Morgan fingerprint density at radius 2 is 2.00 bits per heavy atom. The third-order valence-electron chi connectivity index (χ3n) is 2.50. The van der Waals surface area contributed by atoms with Gasteiger partial charge in [-0.25, -0.2) is 4.79 Å². The molecule has 0 atom stereocenters. The van der Waals surface area contributed by atoms with Crippen LogP contribution in [0.5, 0.6) is 0 Å². The summed E-state index contributed by atoms with van der Waals surface area (Å²) in [7, 11) is 1.87. The third kappa shape index (κ3) is 2.61. The molecule has 0 radical (unpaired) electrons. The molecule has 2 amide bonds. The Morgan fingerprint density at radius 3 is 2.38 bits per heavy atom. The van der Waals surface area contributed by atoms with Gasteiger partial charge in [-0.05, 0) is 26.2 Å². The third-order valence-corrected chi connectivity index (χ3v) is 2.50. The first kappa shape index (κ1) is 10.4. The molecule has 0 N–H and O–H groups in total. The highest BCUT2D eigenvalue weighted by atomic mass is 16.2. The van der Waals surface area contributed by atoms with Crippen molar-refractivity contribution in [3.8, 4) is 0 Å². The first-order valence-corrected chi connectivity index (χ1v) is 5.22. The van der Waals surface area contributed by atoms with Crippen molar-refractivity contribution in [1.29, 1.82) is 0 Å². The average Bonchev–Trinajstić information content (AvgIpc) is 2.95. The predicted molar refractivity (Wildman–Crippen MR) is 53.7 cm³/mol. The quantitative estimate of drug-likeness (QED) is 0.655. The van der Waals surface area contributed by atoms with Crippen LogP contribution in [0.2, 0.25) is 0 Å². The molecule has 0 saturated heterocycles. The number of nitrogens with zero attached hydrogens (tertiary/aromatic N) is 2. The molecule has 0 spiro atoms. The van der Waals surface area contributed by atoms with Crippen molar-refractivity contribution in [2.75, 3.05) is 20.1 Å². The Morgan fingerprint density at radius 1 is 1.38 bits per heavy atom. The van der Waals surface area contributed by atoms with Crippen LogP contribution in [0, 0.1) is 0 Å². The number of hydrogen-bond donors (Lipinski definition) is 0. The second-order valence-corrected chi connectivity index (χ2v) is 3.72. The summed E-state index contributed by atoms with van der Waals surface area (Å²) in [4.78, 5) is 15.6. The normalized spacial score (nSPS) is 15.6. The van der Waals surface area contributed by atoms with Crippen LogP contribution < -0.4 is 0 Å². The lowest BCUT2D eigenvalue weighted by molar-refractivity contribution is 0.162. The van der Waals surface area contributed by atoms with Gasteiger partial charge >= 0.3 is 6.03 Å². The molecule has 3 heteroatoms. The Balaban J connectivity index is 2.47. The van der Waals surface area contributed by atoms with Gasteiger partial charge in [-0.1, -0.05) is 6.92 Å². The van der Waals surface area contributed by atoms with Crippen molar-refractivity contribution in [3.05, 3.63) is 0 Å². The van der Waals surface area contributed by atoms with Gasteiger partial charge in [0.05, 0.1) is 0 Å². The average molecular weight is 184 g/mol. The van der Waals surface area contributed by atoms with Crippen molar-refractivity contribution >= 4 is 6.03 Å². The van der Waals surface area contributed by atoms with E-state index in [-0.39, 0.29) is 6.03 Å². The lowest BCUT2D eigenvalue weighted by Crippen LogP contribution is -2.42. The fraction of sp³-hybridized carbons (Fsp3) is 0.900. The van der Waals surface area contributed by atoms with Gasteiger partial charge in [0.25, 0.3) is 0 Å². The predicted octanol–water partition coefficient (Wildman–Crippen LogP) is 1.93. The lowest BCUT2D eigenvalue weighted by Gasteiger charge is -2.27. The molecule has 0 heterocycles. The van der Waals surface area contributed by atoms with E-state index < -0.39 is 0 Å². The van der Waals surface area contributed by atoms with E-state index in [2.05, 4.69) is 6.92 Å². The molecular weight excluding hydrogens is 164 g/mol. The second kappa shape index (κ2) is 4.49. The van der Waals surface area contributed by atoms with Crippen molar-refractivity contribution < 1.29 is 4.79 Å². The smallest absolute Gasteiger partial charge is 0.319 e. The number of rotatable bonds is 4. The van der Waals surface area contributed by atoms with Crippen molar-refractivity contribution in [1.82, 2.24) is 9.80 Å². The Labute approximate surface area is 80.7 Å². The van der Waals surface area contributed by atoms with E-state index in [9.17, 15) is 4.79 Å². The minimum atomic E-state index is 0.201. The molecule has 1 aliphatic carbocycles. The summed E-state index contributed by atoms with van der Waals surface area (Å²) in [5.41, 5.74) is 0. The van der Waals surface area contributed by atoms with Gasteiger partial charge in [-0.3, -0.25) is 0 Å². The molecule has 0 aromatic carbocycles. The highest BCUT2D eigenvalue weighted by molar-refractivity contribution is 5.74. The van der Waals surface area contributed by atoms with Crippen LogP contribution >= 0.6 is 0 Å². The summed E-state index contributed by atoms with van der Waals surface area (Å²) in [5, 5.41) is 0. The number of carbonyl (C=O) groups excluding carboxylic acids is 1. The van der Waals surface area contributed by atoms with Crippen LogP contribution in [-0.2, 0) is 0 Å². The molecule has 76 valence electrons. The van der Waals surface area contributed by atoms with Gasteiger partial charge in [-0.2, -0.15) is 0 Å². The van der Waals surface area contributed by atoms with Crippen LogP contribution in [0.15, 0.2) is 0 Å². The molecule has 0 aliphatic heterocycles. The molecule has 0 aromatic heterocycles.